The van der Waals surface area contributed by atoms with E-state index in [-0.39, 0.29) is 32.0 Å². The minimum absolute atomic E-state index is 0.0289. The number of nitrogens with zero attached hydrogens (tertiary/aromatic N) is 1. The fourth-order valence-electron chi connectivity index (χ4n) is 8.01. The molecule has 0 rings (SSSR count). The van der Waals surface area contributed by atoms with Gasteiger partial charge < -0.3 is 27.9 Å². The largest absolute Gasteiger partial charge is 0.756 e. The second kappa shape index (κ2) is 46.8. The summed E-state index contributed by atoms with van der Waals surface area (Å²) in [4.78, 5) is 37.7. The molecule has 0 aromatic carbocycles. The third-order valence-electron chi connectivity index (χ3n) is 12.3. The number of rotatable bonds is 51. The molecule has 0 aromatic rings. The van der Waals surface area contributed by atoms with Crippen LogP contribution in [0.1, 0.15) is 271 Å². The summed E-state index contributed by atoms with van der Waals surface area (Å²) in [5, 5.41) is 0. The van der Waals surface area contributed by atoms with Gasteiger partial charge in [0.2, 0.25) is 0 Å². The average Bonchev–Trinajstić information content (AvgIpc) is 3.25. The molecule has 0 bridgehead atoms. The molecule has 9 nitrogen and oxygen atoms in total. The van der Waals surface area contributed by atoms with E-state index >= 15 is 0 Å². The van der Waals surface area contributed by atoms with Crippen molar-refractivity contribution in [2.24, 2.45) is 0 Å². The van der Waals surface area contributed by atoms with Gasteiger partial charge >= 0.3 is 11.9 Å². The summed E-state index contributed by atoms with van der Waals surface area (Å²) in [6, 6.07) is 0. The van der Waals surface area contributed by atoms with Gasteiger partial charge in [0.1, 0.15) is 19.8 Å². The molecule has 0 aliphatic heterocycles. The number of hydrogen-bond donors (Lipinski definition) is 0. The fraction of sp³-hybridized carbons (Fsp3) is 0.926. The highest BCUT2D eigenvalue weighted by Gasteiger charge is 2.21. The number of esters is 2. The number of allylic oxidation sites excluding steroid dienone is 2. The predicted octanol–water partition coefficient (Wildman–Crippen LogP) is 15.8. The van der Waals surface area contributed by atoms with E-state index in [1.807, 2.05) is 21.1 Å². The molecule has 2 unspecified atom stereocenters. The Bertz CT molecular complexity index is 1100. The van der Waals surface area contributed by atoms with E-state index < -0.39 is 26.5 Å². The average molecular weight is 928 g/mol. The Kier molecular flexibility index (Phi) is 45.9. The van der Waals surface area contributed by atoms with Gasteiger partial charge in [0, 0.05) is 12.8 Å². The smallest absolute Gasteiger partial charge is 0.306 e. The first-order chi connectivity index (χ1) is 31.0. The summed E-state index contributed by atoms with van der Waals surface area (Å²) >= 11 is 0. The van der Waals surface area contributed by atoms with E-state index in [4.69, 9.17) is 18.5 Å². The van der Waals surface area contributed by atoms with E-state index in [0.29, 0.717) is 17.4 Å². The van der Waals surface area contributed by atoms with Crippen molar-refractivity contribution in [2.45, 2.75) is 277 Å². The van der Waals surface area contributed by atoms with Crippen LogP contribution in [-0.2, 0) is 32.7 Å². The number of hydrogen-bond acceptors (Lipinski definition) is 8. The fourth-order valence-corrected chi connectivity index (χ4v) is 8.73. The molecule has 0 radical (unpaired) electrons. The zero-order chi connectivity index (χ0) is 47.1. The highest BCUT2D eigenvalue weighted by molar-refractivity contribution is 7.45. The van der Waals surface area contributed by atoms with Crippen LogP contribution in [0, 0.1) is 0 Å². The summed E-state index contributed by atoms with van der Waals surface area (Å²) in [6.07, 6.45) is 52.5. The summed E-state index contributed by atoms with van der Waals surface area (Å²) in [6.45, 7) is 4.27. The van der Waals surface area contributed by atoms with Gasteiger partial charge in [-0.1, -0.05) is 231 Å². The van der Waals surface area contributed by atoms with Crippen LogP contribution >= 0.6 is 7.82 Å². The number of phosphoric ester groups is 1. The molecule has 64 heavy (non-hydrogen) atoms. The maximum atomic E-state index is 12.7. The summed E-state index contributed by atoms with van der Waals surface area (Å²) in [5.74, 6) is -0.827. The van der Waals surface area contributed by atoms with Crippen molar-refractivity contribution in [3.05, 3.63) is 12.2 Å². The molecule has 0 amide bonds. The van der Waals surface area contributed by atoms with E-state index in [0.717, 1.165) is 51.4 Å². The molecular formula is C54H106NO8P. The van der Waals surface area contributed by atoms with Gasteiger partial charge in [-0.05, 0) is 38.5 Å². The van der Waals surface area contributed by atoms with Gasteiger partial charge in [-0.2, -0.15) is 0 Å². The Balaban J connectivity index is 4.13. The maximum Gasteiger partial charge on any atom is 0.306 e. The van der Waals surface area contributed by atoms with E-state index in [1.165, 1.54) is 186 Å². The third kappa shape index (κ3) is 50.2. The van der Waals surface area contributed by atoms with Crippen LogP contribution in [0.4, 0.5) is 0 Å². The number of quaternary nitrogens is 1. The van der Waals surface area contributed by atoms with Gasteiger partial charge in [0.15, 0.2) is 6.10 Å². The molecule has 10 heteroatoms. The van der Waals surface area contributed by atoms with Gasteiger partial charge in [-0.3, -0.25) is 14.2 Å². The van der Waals surface area contributed by atoms with Gasteiger partial charge in [-0.25, -0.2) is 0 Å². The highest BCUT2D eigenvalue weighted by Crippen LogP contribution is 2.38. The van der Waals surface area contributed by atoms with Gasteiger partial charge in [-0.15, -0.1) is 0 Å². The number of carbonyl (C=O) groups is 2. The molecule has 2 atom stereocenters. The zero-order valence-corrected chi connectivity index (χ0v) is 43.9. The SMILES string of the molecule is CCCCCCCCC/C=C\CCCCCCCC(=O)OC(COC(=O)CCCCCCCCCCCCCCCCCCCCCCCCCC)COP(=O)([O-])OCC[N+](C)(C)C. The monoisotopic (exact) mass is 928 g/mol. The van der Waals surface area contributed by atoms with Crippen LogP contribution in [-0.4, -0.2) is 70.0 Å². The van der Waals surface area contributed by atoms with Crippen LogP contribution in [0.3, 0.4) is 0 Å². The molecule has 0 spiro atoms. The Hall–Kier alpha value is -1.25. The van der Waals surface area contributed by atoms with Crippen molar-refractivity contribution in [3.8, 4) is 0 Å². The maximum absolute atomic E-state index is 12.7. The second-order valence-corrected chi connectivity index (χ2v) is 21.4. The Morgan fingerprint density at radius 3 is 1.16 bits per heavy atom. The minimum Gasteiger partial charge on any atom is -0.756 e. The summed E-state index contributed by atoms with van der Waals surface area (Å²) < 4.78 is 34.1. The van der Waals surface area contributed by atoms with Crippen molar-refractivity contribution in [1.29, 1.82) is 0 Å². The summed E-state index contributed by atoms with van der Waals surface area (Å²) in [5.41, 5.74) is 0. The first-order valence-corrected chi connectivity index (χ1v) is 28.9. The Morgan fingerprint density at radius 2 is 0.797 bits per heavy atom. The van der Waals surface area contributed by atoms with E-state index in [9.17, 15) is 19.0 Å². The molecule has 0 heterocycles. The Morgan fingerprint density at radius 1 is 0.469 bits per heavy atom. The molecule has 380 valence electrons. The van der Waals surface area contributed by atoms with Crippen molar-refractivity contribution < 1.29 is 42.1 Å². The van der Waals surface area contributed by atoms with Crippen molar-refractivity contribution in [1.82, 2.24) is 0 Å². The van der Waals surface area contributed by atoms with Crippen molar-refractivity contribution >= 4 is 19.8 Å². The molecule has 0 fully saturated rings. The molecule has 0 saturated heterocycles. The predicted molar refractivity (Wildman–Crippen MR) is 268 cm³/mol. The molecule has 0 aromatic heterocycles. The standard InChI is InChI=1S/C54H106NO8P/c1-6-8-10-12-14-16-18-20-22-24-25-26-27-28-29-30-31-33-34-36-38-40-42-44-46-53(56)60-50-52(51-62-64(58,59)61-49-48-55(3,4)5)63-54(57)47-45-43-41-39-37-35-32-23-21-19-17-15-13-11-9-7-2/h23,32,52H,6-22,24-31,33-51H2,1-5H3/b32-23-. The van der Waals surface area contributed by atoms with Crippen LogP contribution in [0.25, 0.3) is 0 Å². The number of phosphoric acid groups is 1. The van der Waals surface area contributed by atoms with Gasteiger partial charge in [0.05, 0.1) is 27.7 Å². The Labute approximate surface area is 396 Å². The van der Waals surface area contributed by atoms with Crippen LogP contribution in [0.15, 0.2) is 12.2 Å². The molecule has 0 saturated carbocycles. The lowest BCUT2D eigenvalue weighted by Crippen LogP contribution is -2.37. The lowest BCUT2D eigenvalue weighted by Gasteiger charge is -2.28. The zero-order valence-electron chi connectivity index (χ0n) is 43.0. The number of ether oxygens (including phenoxy) is 2. The number of carbonyl (C=O) groups excluding carboxylic acids is 2. The second-order valence-electron chi connectivity index (χ2n) is 20.0. The quantitative estimate of drug-likeness (QED) is 0.0195. The first-order valence-electron chi connectivity index (χ1n) is 27.4. The molecule has 0 N–H and O–H groups in total. The lowest BCUT2D eigenvalue weighted by atomic mass is 10.0. The molecule has 0 aliphatic rings. The molecular weight excluding hydrogens is 822 g/mol. The van der Waals surface area contributed by atoms with Crippen molar-refractivity contribution in [3.63, 3.8) is 0 Å². The van der Waals surface area contributed by atoms with Crippen LogP contribution in [0.2, 0.25) is 0 Å². The highest BCUT2D eigenvalue weighted by atomic mass is 31.2. The first kappa shape index (κ1) is 62.8. The third-order valence-corrected chi connectivity index (χ3v) is 13.2. The lowest BCUT2D eigenvalue weighted by molar-refractivity contribution is -0.870. The normalized spacial score (nSPS) is 13.4. The number of likely N-dealkylation sites (N-methyl/N-ethyl adjacent to an activating group) is 1. The van der Waals surface area contributed by atoms with E-state index in [1.54, 1.807) is 0 Å². The minimum atomic E-state index is -4.63. The van der Waals surface area contributed by atoms with Gasteiger partial charge in [0.25, 0.3) is 7.82 Å². The number of unbranched alkanes of at least 4 members (excludes halogenated alkanes) is 35. The van der Waals surface area contributed by atoms with Crippen LogP contribution < -0.4 is 4.89 Å². The van der Waals surface area contributed by atoms with Crippen molar-refractivity contribution in [2.75, 3.05) is 47.5 Å². The van der Waals surface area contributed by atoms with E-state index in [2.05, 4.69) is 26.0 Å². The topological polar surface area (TPSA) is 111 Å². The van der Waals surface area contributed by atoms with Crippen LogP contribution in [0.5, 0.6) is 0 Å². The summed E-state index contributed by atoms with van der Waals surface area (Å²) in [7, 11) is 1.18. The molecule has 0 aliphatic carbocycles.